The van der Waals surface area contributed by atoms with E-state index in [-0.39, 0.29) is 50.8 Å². The van der Waals surface area contributed by atoms with Crippen molar-refractivity contribution in [1.82, 2.24) is 25.2 Å². The normalized spacial score (nSPS) is 13.6. The number of nitrogens with zero attached hydrogens (tertiary/aromatic N) is 4. The minimum atomic E-state index is -0.982. The van der Waals surface area contributed by atoms with E-state index in [0.717, 1.165) is 11.1 Å². The summed E-state index contributed by atoms with van der Waals surface area (Å²) in [7, 11) is 1.30. The van der Waals surface area contributed by atoms with Crippen LogP contribution in [0.4, 0.5) is 10.6 Å². The molecule has 1 aliphatic rings. The minimum Gasteiger partial charge on any atom is -0.465 e. The highest BCUT2D eigenvalue weighted by molar-refractivity contribution is 5.97. The van der Waals surface area contributed by atoms with Crippen LogP contribution in [0.2, 0.25) is 0 Å². The molecule has 1 saturated heterocycles. The number of carbonyl (C=O) groups is 4. The number of hydrogen-bond donors (Lipinski definition) is 2. The monoisotopic (exact) mass is 666 g/mol. The van der Waals surface area contributed by atoms with Crippen LogP contribution in [0.1, 0.15) is 38.9 Å². The molecule has 1 fully saturated rings. The maximum atomic E-state index is 14.0. The first-order valence-electron chi connectivity index (χ1n) is 15.9. The highest BCUT2D eigenvalue weighted by atomic mass is 16.8. The van der Waals surface area contributed by atoms with Gasteiger partial charge in [0.25, 0.3) is 5.91 Å². The fourth-order valence-electron chi connectivity index (χ4n) is 5.19. The maximum absolute atomic E-state index is 14.0. The summed E-state index contributed by atoms with van der Waals surface area (Å²) in [4.78, 5) is 67.7. The summed E-state index contributed by atoms with van der Waals surface area (Å²) in [5, 5.41) is 7.64. The van der Waals surface area contributed by atoms with E-state index in [0.29, 0.717) is 29.3 Å². The fourth-order valence-corrected chi connectivity index (χ4v) is 5.19. The molecule has 2 N–H and O–H groups in total. The zero-order valence-electron chi connectivity index (χ0n) is 27.3. The van der Waals surface area contributed by atoms with Crippen LogP contribution in [0.5, 0.6) is 0 Å². The van der Waals surface area contributed by atoms with Crippen LogP contribution in [0.25, 0.3) is 11.4 Å². The largest absolute Gasteiger partial charge is 0.527 e. The second-order valence-corrected chi connectivity index (χ2v) is 11.1. The summed E-state index contributed by atoms with van der Waals surface area (Å²) < 4.78 is 9.65. The smallest absolute Gasteiger partial charge is 0.465 e. The number of amides is 2. The third-order valence-electron chi connectivity index (χ3n) is 7.74. The highest BCUT2D eigenvalue weighted by Gasteiger charge is 2.31. The van der Waals surface area contributed by atoms with Gasteiger partial charge in [-0.15, -0.1) is 5.06 Å². The van der Waals surface area contributed by atoms with Crippen LogP contribution in [-0.4, -0.2) is 89.8 Å². The van der Waals surface area contributed by atoms with Crippen molar-refractivity contribution < 1.29 is 33.5 Å². The Hall–Kier alpha value is -5.82. The van der Waals surface area contributed by atoms with Crippen molar-refractivity contribution in [2.45, 2.75) is 25.9 Å². The van der Waals surface area contributed by atoms with Gasteiger partial charge in [-0.1, -0.05) is 72.8 Å². The van der Waals surface area contributed by atoms with E-state index in [1.165, 1.54) is 12.2 Å². The number of aromatic nitrogens is 2. The molecule has 13 nitrogen and oxygen atoms in total. The summed E-state index contributed by atoms with van der Waals surface area (Å²) in [6.45, 7) is 3.38. The van der Waals surface area contributed by atoms with Gasteiger partial charge in [0.2, 0.25) is 5.91 Å². The number of esters is 1. The molecule has 0 saturated carbocycles. The third-order valence-corrected chi connectivity index (χ3v) is 7.74. The molecule has 0 aliphatic carbocycles. The molecule has 0 unspecified atom stereocenters. The Morgan fingerprint density at radius 3 is 2.16 bits per heavy atom. The number of carbonyl (C=O) groups excluding carboxylic acids is 4. The maximum Gasteiger partial charge on any atom is 0.527 e. The molecule has 2 amide bonds. The van der Waals surface area contributed by atoms with Gasteiger partial charge in [-0.2, -0.15) is 0 Å². The molecular formula is C36H38N6O7. The van der Waals surface area contributed by atoms with Crippen molar-refractivity contribution in [2.75, 3.05) is 45.2 Å². The van der Waals surface area contributed by atoms with Gasteiger partial charge >= 0.3 is 12.1 Å². The van der Waals surface area contributed by atoms with Gasteiger partial charge in [-0.25, -0.2) is 19.6 Å². The summed E-state index contributed by atoms with van der Waals surface area (Å²) in [6, 6.07) is 26.3. The average Bonchev–Trinajstić information content (AvgIpc) is 3.14. The van der Waals surface area contributed by atoms with Gasteiger partial charge in [-0.3, -0.25) is 9.59 Å². The molecule has 3 aromatic carbocycles. The van der Waals surface area contributed by atoms with Crippen LogP contribution in [0.15, 0.2) is 91.0 Å². The van der Waals surface area contributed by atoms with Crippen molar-refractivity contribution in [3.63, 3.8) is 0 Å². The summed E-state index contributed by atoms with van der Waals surface area (Å²) in [5.74, 6) is -0.563. The van der Waals surface area contributed by atoms with Gasteiger partial charge < -0.3 is 29.8 Å². The third kappa shape index (κ3) is 9.61. The zero-order chi connectivity index (χ0) is 34.6. The Balaban J connectivity index is 1.38. The number of ether oxygens (including phenoxy) is 2. The van der Waals surface area contributed by atoms with Crippen molar-refractivity contribution in [3.8, 4) is 11.4 Å². The quantitative estimate of drug-likeness (QED) is 0.210. The summed E-state index contributed by atoms with van der Waals surface area (Å²) >= 11 is 0. The number of rotatable bonds is 12. The van der Waals surface area contributed by atoms with Gasteiger partial charge in [0.05, 0.1) is 32.4 Å². The van der Waals surface area contributed by atoms with E-state index < -0.39 is 24.1 Å². The Morgan fingerprint density at radius 2 is 1.51 bits per heavy atom. The first kappa shape index (κ1) is 34.5. The van der Waals surface area contributed by atoms with Crippen LogP contribution >= 0.6 is 0 Å². The Kier molecular flexibility index (Phi) is 11.9. The van der Waals surface area contributed by atoms with Gasteiger partial charge in [0, 0.05) is 37.7 Å². The van der Waals surface area contributed by atoms with Crippen LogP contribution in [-0.2, 0) is 32.1 Å². The van der Waals surface area contributed by atoms with Crippen molar-refractivity contribution in [3.05, 3.63) is 113 Å². The minimum absolute atomic E-state index is 0.0795. The zero-order valence-corrected chi connectivity index (χ0v) is 27.3. The average molecular weight is 667 g/mol. The molecule has 13 heteroatoms. The number of hydroxylamine groups is 2. The van der Waals surface area contributed by atoms with E-state index >= 15 is 0 Å². The van der Waals surface area contributed by atoms with E-state index in [2.05, 4.69) is 20.6 Å². The van der Waals surface area contributed by atoms with E-state index in [9.17, 15) is 19.2 Å². The molecule has 1 atom stereocenters. The molecule has 5 rings (SSSR count). The van der Waals surface area contributed by atoms with Gasteiger partial charge in [0.1, 0.15) is 17.6 Å². The summed E-state index contributed by atoms with van der Waals surface area (Å²) in [6.07, 6.45) is -0.665. The topological polar surface area (TPSA) is 152 Å². The van der Waals surface area contributed by atoms with Crippen molar-refractivity contribution in [2.24, 2.45) is 0 Å². The lowest BCUT2D eigenvalue weighted by atomic mass is 10.0. The molecule has 0 spiro atoms. The lowest BCUT2D eigenvalue weighted by Crippen LogP contribution is -2.55. The molecule has 49 heavy (non-hydrogen) atoms. The van der Waals surface area contributed by atoms with Gasteiger partial charge in [0.15, 0.2) is 5.82 Å². The lowest BCUT2D eigenvalue weighted by molar-refractivity contribution is -0.157. The number of nitrogens with one attached hydrogen (secondary N) is 2. The number of piperazine rings is 1. The number of methoxy groups -OCH3 is 1. The standard InChI is InChI=1S/C36H38N6O7/c1-3-48-36(46)49-42-20-18-41(19-21-42)34(44)30(22-25-14-16-28(17-15-25)35(45)47-2)39-33(43)29-23-31(37-24-26-10-6-4-7-11-26)40-32(38-29)27-12-8-5-9-13-27/h4-17,23,30H,3,18-22,24H2,1-2H3,(H,39,43)(H,37,38,40)/t30-/m0/s1. The Bertz CT molecular complexity index is 1730. The SMILES string of the molecule is CCOC(=O)ON1CCN(C(=O)[C@H](Cc2ccc(C(=O)OC)cc2)NC(=O)c2cc(NCc3ccccc3)nc(-c3ccccc3)n2)CC1. The van der Waals surface area contributed by atoms with E-state index in [4.69, 9.17) is 14.3 Å². The number of benzene rings is 3. The lowest BCUT2D eigenvalue weighted by Gasteiger charge is -2.35. The molecule has 1 aliphatic heterocycles. The second-order valence-electron chi connectivity index (χ2n) is 11.1. The van der Waals surface area contributed by atoms with Gasteiger partial charge in [-0.05, 0) is 30.2 Å². The number of hydrogen-bond acceptors (Lipinski definition) is 11. The highest BCUT2D eigenvalue weighted by Crippen LogP contribution is 2.19. The van der Waals surface area contributed by atoms with E-state index in [1.807, 2.05) is 60.7 Å². The Morgan fingerprint density at radius 1 is 0.837 bits per heavy atom. The molecule has 4 aromatic rings. The van der Waals surface area contributed by atoms with Crippen LogP contribution < -0.4 is 10.6 Å². The van der Waals surface area contributed by atoms with Crippen LogP contribution in [0, 0.1) is 0 Å². The predicted molar refractivity (Wildman–Crippen MR) is 180 cm³/mol. The summed E-state index contributed by atoms with van der Waals surface area (Å²) in [5.41, 5.74) is 2.91. The molecular weight excluding hydrogens is 628 g/mol. The molecule has 0 bridgehead atoms. The van der Waals surface area contributed by atoms with E-state index in [1.54, 1.807) is 42.2 Å². The second kappa shape index (κ2) is 16.8. The number of anilines is 1. The van der Waals surface area contributed by atoms with Crippen LogP contribution in [0.3, 0.4) is 0 Å². The fraction of sp³-hybridized carbons (Fsp3) is 0.278. The van der Waals surface area contributed by atoms with Crippen molar-refractivity contribution >= 4 is 29.8 Å². The first-order chi connectivity index (χ1) is 23.8. The van der Waals surface area contributed by atoms with Crippen molar-refractivity contribution in [1.29, 1.82) is 0 Å². The molecule has 1 aromatic heterocycles. The molecule has 254 valence electrons. The molecule has 2 heterocycles. The Labute approximate surface area is 284 Å². The molecule has 0 radical (unpaired) electrons. The predicted octanol–water partition coefficient (Wildman–Crippen LogP) is 4.12. The first-order valence-corrected chi connectivity index (χ1v) is 15.9.